The van der Waals surface area contributed by atoms with Crippen LogP contribution in [-0.4, -0.2) is 14.9 Å². The molecule has 100 valence electrons. The van der Waals surface area contributed by atoms with Crippen molar-refractivity contribution in [2.75, 3.05) is 0 Å². The average molecular weight is 258 g/mol. The molecule has 1 aliphatic carbocycles. The van der Waals surface area contributed by atoms with Gasteiger partial charge in [0.25, 0.3) is 0 Å². The molecule has 4 heteroatoms. The second-order valence-corrected chi connectivity index (χ2v) is 5.04. The number of fused-ring (bicyclic) bond motifs is 1. The number of nitrogens with zero attached hydrogens (tertiary/aromatic N) is 2. The van der Waals surface area contributed by atoms with Crippen LogP contribution in [0.15, 0.2) is 18.2 Å². The Bertz CT molecular complexity index is 617. The van der Waals surface area contributed by atoms with Crippen LogP contribution < -0.4 is 4.74 Å². The second-order valence-electron chi connectivity index (χ2n) is 5.04. The summed E-state index contributed by atoms with van der Waals surface area (Å²) in [5, 5.41) is 13.7. The van der Waals surface area contributed by atoms with Crippen molar-refractivity contribution < 1.29 is 9.84 Å². The molecule has 1 aliphatic rings. The lowest BCUT2D eigenvalue weighted by molar-refractivity contribution is 0.274. The largest absolute Gasteiger partial charge is 0.439 e. The van der Waals surface area contributed by atoms with Crippen molar-refractivity contribution in [3.8, 4) is 11.6 Å². The number of benzene rings is 1. The Hall–Kier alpha value is -1.81. The molecule has 0 aliphatic heterocycles. The molecule has 1 N–H and O–H groups in total. The molecule has 0 fully saturated rings. The van der Waals surface area contributed by atoms with Gasteiger partial charge in [0.1, 0.15) is 5.75 Å². The van der Waals surface area contributed by atoms with Gasteiger partial charge in [-0.25, -0.2) is 4.68 Å². The van der Waals surface area contributed by atoms with Crippen molar-refractivity contribution in [1.82, 2.24) is 9.78 Å². The first-order valence-corrected chi connectivity index (χ1v) is 6.62. The highest BCUT2D eigenvalue weighted by Crippen LogP contribution is 2.31. The standard InChI is InChI=1S/C15H18N2O2/c1-10-14(9-18)15(17(2)16-10)19-13-7-6-11-4-3-5-12(11)8-13/h6-8,18H,3-5,9H2,1-2H3. The van der Waals surface area contributed by atoms with E-state index in [0.717, 1.165) is 23.4 Å². The van der Waals surface area contributed by atoms with Crippen LogP contribution in [0, 0.1) is 6.92 Å². The third-order valence-electron chi connectivity index (χ3n) is 3.73. The van der Waals surface area contributed by atoms with Crippen LogP contribution in [0.1, 0.15) is 28.8 Å². The number of hydrogen-bond donors (Lipinski definition) is 1. The number of aliphatic hydroxyl groups is 1. The monoisotopic (exact) mass is 258 g/mol. The lowest BCUT2D eigenvalue weighted by Crippen LogP contribution is -1.97. The Labute approximate surface area is 112 Å². The molecule has 1 heterocycles. The van der Waals surface area contributed by atoms with Crippen LogP contribution in [-0.2, 0) is 26.5 Å². The summed E-state index contributed by atoms with van der Waals surface area (Å²) in [5.74, 6) is 1.44. The maximum atomic E-state index is 9.41. The molecule has 19 heavy (non-hydrogen) atoms. The van der Waals surface area contributed by atoms with E-state index in [2.05, 4.69) is 17.2 Å². The highest BCUT2D eigenvalue weighted by Gasteiger charge is 2.16. The number of hydrogen-bond acceptors (Lipinski definition) is 3. The van der Waals surface area contributed by atoms with E-state index in [1.165, 1.54) is 24.0 Å². The highest BCUT2D eigenvalue weighted by molar-refractivity contribution is 5.41. The zero-order valence-electron chi connectivity index (χ0n) is 11.3. The minimum absolute atomic E-state index is 0.0556. The Morgan fingerprint density at radius 3 is 2.89 bits per heavy atom. The van der Waals surface area contributed by atoms with Gasteiger partial charge in [-0.3, -0.25) is 0 Å². The topological polar surface area (TPSA) is 47.3 Å². The predicted molar refractivity (Wildman–Crippen MR) is 72.4 cm³/mol. The van der Waals surface area contributed by atoms with Crippen LogP contribution in [0.2, 0.25) is 0 Å². The number of rotatable bonds is 3. The van der Waals surface area contributed by atoms with E-state index >= 15 is 0 Å². The van der Waals surface area contributed by atoms with Gasteiger partial charge in [0.2, 0.25) is 5.88 Å². The van der Waals surface area contributed by atoms with Gasteiger partial charge in [-0.15, -0.1) is 0 Å². The van der Waals surface area contributed by atoms with Crippen molar-refractivity contribution in [3.63, 3.8) is 0 Å². The lowest BCUT2D eigenvalue weighted by atomic mass is 10.1. The minimum Gasteiger partial charge on any atom is -0.439 e. The summed E-state index contributed by atoms with van der Waals surface area (Å²) in [7, 11) is 1.83. The molecule has 0 saturated carbocycles. The van der Waals surface area contributed by atoms with Crippen molar-refractivity contribution >= 4 is 0 Å². The van der Waals surface area contributed by atoms with E-state index in [0.29, 0.717) is 5.88 Å². The van der Waals surface area contributed by atoms with E-state index in [9.17, 15) is 5.11 Å². The summed E-state index contributed by atoms with van der Waals surface area (Å²) in [6.07, 6.45) is 3.53. The van der Waals surface area contributed by atoms with Crippen LogP contribution in [0.25, 0.3) is 0 Å². The zero-order valence-corrected chi connectivity index (χ0v) is 11.3. The van der Waals surface area contributed by atoms with Crippen molar-refractivity contribution in [1.29, 1.82) is 0 Å². The molecule has 0 atom stereocenters. The molecule has 4 nitrogen and oxygen atoms in total. The fraction of sp³-hybridized carbons (Fsp3) is 0.400. The van der Waals surface area contributed by atoms with Gasteiger partial charge in [-0.1, -0.05) is 6.07 Å². The van der Waals surface area contributed by atoms with E-state index in [1.54, 1.807) is 4.68 Å². The first-order chi connectivity index (χ1) is 9.19. The molecule has 0 amide bonds. The van der Waals surface area contributed by atoms with Gasteiger partial charge in [-0.05, 0) is 49.4 Å². The molecular weight excluding hydrogens is 240 g/mol. The van der Waals surface area contributed by atoms with Crippen molar-refractivity contribution in [2.24, 2.45) is 7.05 Å². The maximum Gasteiger partial charge on any atom is 0.223 e. The van der Waals surface area contributed by atoms with Crippen LogP contribution in [0.3, 0.4) is 0 Å². The fourth-order valence-electron chi connectivity index (χ4n) is 2.71. The van der Waals surface area contributed by atoms with E-state index in [1.807, 2.05) is 20.0 Å². The Morgan fingerprint density at radius 2 is 2.11 bits per heavy atom. The van der Waals surface area contributed by atoms with E-state index < -0.39 is 0 Å². The van der Waals surface area contributed by atoms with Gasteiger partial charge in [0, 0.05) is 7.05 Å². The summed E-state index contributed by atoms with van der Waals surface area (Å²) >= 11 is 0. The molecule has 2 aromatic rings. The highest BCUT2D eigenvalue weighted by atomic mass is 16.5. The first-order valence-electron chi connectivity index (χ1n) is 6.62. The van der Waals surface area contributed by atoms with Gasteiger partial charge >= 0.3 is 0 Å². The predicted octanol–water partition coefficient (Wildman–Crippen LogP) is 2.50. The molecule has 1 aromatic carbocycles. The van der Waals surface area contributed by atoms with Crippen LogP contribution >= 0.6 is 0 Å². The molecule has 3 rings (SSSR count). The van der Waals surface area contributed by atoms with Crippen LogP contribution in [0.4, 0.5) is 0 Å². The first kappa shape index (κ1) is 12.2. The fourth-order valence-corrected chi connectivity index (χ4v) is 2.71. The molecule has 0 saturated heterocycles. The Balaban J connectivity index is 1.93. The molecule has 0 bridgehead atoms. The minimum atomic E-state index is -0.0556. The molecule has 0 unspecified atom stereocenters. The SMILES string of the molecule is Cc1nn(C)c(Oc2ccc3c(c2)CCC3)c1CO. The smallest absolute Gasteiger partial charge is 0.223 e. The third-order valence-corrected chi connectivity index (χ3v) is 3.73. The third kappa shape index (κ3) is 2.12. The summed E-state index contributed by atoms with van der Waals surface area (Å²) in [6, 6.07) is 6.24. The lowest BCUT2D eigenvalue weighted by Gasteiger charge is -2.09. The molecular formula is C15H18N2O2. The van der Waals surface area contributed by atoms with Gasteiger partial charge in [-0.2, -0.15) is 5.10 Å². The zero-order chi connectivity index (χ0) is 13.4. The normalized spacial score (nSPS) is 13.6. The molecule has 0 radical (unpaired) electrons. The van der Waals surface area contributed by atoms with Crippen molar-refractivity contribution in [3.05, 3.63) is 40.6 Å². The van der Waals surface area contributed by atoms with E-state index in [-0.39, 0.29) is 6.61 Å². The molecule has 1 aromatic heterocycles. The number of aryl methyl sites for hydroxylation is 4. The number of aromatic nitrogens is 2. The number of aliphatic hydroxyl groups excluding tert-OH is 1. The quantitative estimate of drug-likeness (QED) is 0.920. The summed E-state index contributed by atoms with van der Waals surface area (Å²) in [5.41, 5.74) is 4.36. The summed E-state index contributed by atoms with van der Waals surface area (Å²) in [4.78, 5) is 0. The Morgan fingerprint density at radius 1 is 1.32 bits per heavy atom. The van der Waals surface area contributed by atoms with E-state index in [4.69, 9.17) is 4.74 Å². The molecule has 0 spiro atoms. The number of ether oxygens (including phenoxy) is 1. The van der Waals surface area contributed by atoms with Gasteiger partial charge in [0.15, 0.2) is 0 Å². The van der Waals surface area contributed by atoms with Crippen molar-refractivity contribution in [2.45, 2.75) is 32.8 Å². The summed E-state index contributed by atoms with van der Waals surface area (Å²) < 4.78 is 7.59. The van der Waals surface area contributed by atoms with Gasteiger partial charge < -0.3 is 9.84 Å². The summed E-state index contributed by atoms with van der Waals surface area (Å²) in [6.45, 7) is 1.82. The van der Waals surface area contributed by atoms with Crippen LogP contribution in [0.5, 0.6) is 11.6 Å². The maximum absolute atomic E-state index is 9.41. The average Bonchev–Trinajstić information content (AvgIpc) is 2.94. The second kappa shape index (κ2) is 4.70. The van der Waals surface area contributed by atoms with Gasteiger partial charge in [0.05, 0.1) is 17.9 Å². The Kier molecular flexibility index (Phi) is 3.03.